The van der Waals surface area contributed by atoms with Gasteiger partial charge in [0.1, 0.15) is 6.33 Å². The minimum absolute atomic E-state index is 0.902. The van der Waals surface area contributed by atoms with Crippen LogP contribution in [0.3, 0.4) is 0 Å². The first kappa shape index (κ1) is 3.20. The molecule has 1 aromatic rings. The summed E-state index contributed by atoms with van der Waals surface area (Å²) in [5.74, 6) is -2.88. The fourth-order valence-corrected chi connectivity index (χ4v) is 0.576. The van der Waals surface area contributed by atoms with E-state index in [2.05, 4.69) is 9.72 Å². The number of carbonyl (C=O) groups excluding carboxylic acids is 1. The van der Waals surface area contributed by atoms with Gasteiger partial charge in [0.2, 0.25) is 0 Å². The third kappa shape index (κ3) is 2.38. The number of nitrogens with zero attached hydrogens (tertiary/aromatic N) is 2. The number of rotatable bonds is 2. The summed E-state index contributed by atoms with van der Waals surface area (Å²) < 4.78 is 55.9. The van der Waals surface area contributed by atoms with Crippen LogP contribution in [0.2, 0.25) is 0 Å². The van der Waals surface area contributed by atoms with E-state index >= 15 is 0 Å². The van der Waals surface area contributed by atoms with Gasteiger partial charge in [-0.05, 0) is 5.89 Å². The Hall–Kier alpha value is -1.32. The SMILES string of the molecule is [2H]C([2H])([2H])C([2H])(COC(=O)n1ccnc1)C([2H])([2H])[2H]. The van der Waals surface area contributed by atoms with E-state index < -0.39 is 32.3 Å². The monoisotopic (exact) mass is 175 g/mol. The quantitative estimate of drug-likeness (QED) is 0.684. The Bertz CT molecular complexity index is 423. The van der Waals surface area contributed by atoms with Gasteiger partial charge in [0.15, 0.2) is 0 Å². The summed E-state index contributed by atoms with van der Waals surface area (Å²) in [5, 5.41) is 0. The van der Waals surface area contributed by atoms with Crippen LogP contribution in [0.5, 0.6) is 0 Å². The lowest BCUT2D eigenvalue weighted by atomic mass is 10.2. The molecule has 0 bridgehead atoms. The van der Waals surface area contributed by atoms with Crippen LogP contribution in [-0.4, -0.2) is 22.3 Å². The van der Waals surface area contributed by atoms with Crippen molar-refractivity contribution in [3.8, 4) is 0 Å². The molecule has 0 fully saturated rings. The van der Waals surface area contributed by atoms with E-state index in [1.54, 1.807) is 0 Å². The summed E-state index contributed by atoms with van der Waals surface area (Å²) >= 11 is 0. The molecule has 12 heavy (non-hydrogen) atoms. The zero-order valence-corrected chi connectivity index (χ0v) is 6.15. The van der Waals surface area contributed by atoms with Crippen molar-refractivity contribution in [1.82, 2.24) is 9.55 Å². The fraction of sp³-hybridized carbons (Fsp3) is 0.500. The number of ether oxygens (including phenoxy) is 1. The number of hydrogen-bond acceptors (Lipinski definition) is 3. The molecular formula is C8H12N2O2. The Labute approximate surface area is 81.0 Å². The van der Waals surface area contributed by atoms with Crippen molar-refractivity contribution >= 4 is 6.09 Å². The molecule has 0 saturated carbocycles. The molecule has 0 atom stereocenters. The van der Waals surface area contributed by atoms with E-state index in [1.165, 1.54) is 12.4 Å². The van der Waals surface area contributed by atoms with E-state index in [4.69, 9.17) is 9.60 Å². The average molecular weight is 175 g/mol. The Balaban J connectivity index is 2.84. The van der Waals surface area contributed by atoms with E-state index in [9.17, 15) is 4.79 Å². The molecular weight excluding hydrogens is 156 g/mol. The van der Waals surface area contributed by atoms with E-state index in [0.717, 1.165) is 10.9 Å². The highest BCUT2D eigenvalue weighted by atomic mass is 16.5. The van der Waals surface area contributed by atoms with Crippen LogP contribution < -0.4 is 0 Å². The van der Waals surface area contributed by atoms with Crippen molar-refractivity contribution < 1.29 is 19.1 Å². The molecule has 0 aliphatic carbocycles. The van der Waals surface area contributed by atoms with Gasteiger partial charge < -0.3 is 4.74 Å². The fourth-order valence-electron chi connectivity index (χ4n) is 0.576. The van der Waals surface area contributed by atoms with Gasteiger partial charge in [-0.15, -0.1) is 0 Å². The second-order valence-electron chi connectivity index (χ2n) is 2.00. The molecule has 0 saturated heterocycles. The lowest BCUT2D eigenvalue weighted by Crippen LogP contribution is -2.14. The minimum atomic E-state index is -3.12. The van der Waals surface area contributed by atoms with Crippen LogP contribution in [0.25, 0.3) is 0 Å². The number of aromatic nitrogens is 2. The van der Waals surface area contributed by atoms with Gasteiger partial charge in [0, 0.05) is 22.0 Å². The van der Waals surface area contributed by atoms with Crippen LogP contribution in [0.1, 0.15) is 23.3 Å². The highest BCUT2D eigenvalue weighted by molar-refractivity contribution is 5.69. The standard InChI is InChI=1S/C8H12N2O2/c1-7(2)5-12-8(11)10-4-3-9-6-10/h3-4,6-7H,5H2,1-2H3/i1D3,2D3,7D. The first-order chi connectivity index (χ1) is 8.49. The highest BCUT2D eigenvalue weighted by Gasteiger charge is 2.04. The van der Waals surface area contributed by atoms with Gasteiger partial charge in [0.25, 0.3) is 0 Å². The number of carbonyl (C=O) groups is 1. The molecule has 1 heterocycles. The van der Waals surface area contributed by atoms with Crippen molar-refractivity contribution in [2.24, 2.45) is 5.89 Å². The third-order valence-corrected chi connectivity index (χ3v) is 1.06. The van der Waals surface area contributed by atoms with E-state index in [-0.39, 0.29) is 0 Å². The Morgan fingerprint density at radius 3 is 3.33 bits per heavy atom. The molecule has 0 amide bonds. The third-order valence-electron chi connectivity index (χ3n) is 1.06. The van der Waals surface area contributed by atoms with Gasteiger partial charge in [-0.3, -0.25) is 0 Å². The van der Waals surface area contributed by atoms with Gasteiger partial charge in [-0.2, -0.15) is 0 Å². The van der Waals surface area contributed by atoms with Crippen molar-refractivity contribution in [3.05, 3.63) is 18.7 Å². The Kier molecular flexibility index (Phi) is 1.04. The molecule has 0 N–H and O–H groups in total. The van der Waals surface area contributed by atoms with Gasteiger partial charge in [-0.25, -0.2) is 14.3 Å². The summed E-state index contributed by atoms with van der Waals surface area (Å²) in [7, 11) is 0. The van der Waals surface area contributed by atoms with Crippen molar-refractivity contribution in [3.63, 3.8) is 0 Å². The second-order valence-corrected chi connectivity index (χ2v) is 2.00. The molecule has 1 aromatic heterocycles. The van der Waals surface area contributed by atoms with Gasteiger partial charge in [0.05, 0.1) is 6.61 Å². The lowest BCUT2D eigenvalue weighted by molar-refractivity contribution is 0.134. The summed E-state index contributed by atoms with van der Waals surface area (Å²) in [6.07, 6.45) is 2.66. The normalized spacial score (nSPS) is 21.8. The van der Waals surface area contributed by atoms with Gasteiger partial charge >= 0.3 is 6.09 Å². The maximum absolute atomic E-state index is 11.5. The van der Waals surface area contributed by atoms with E-state index in [0.29, 0.717) is 0 Å². The van der Waals surface area contributed by atoms with Gasteiger partial charge in [-0.1, -0.05) is 13.7 Å². The highest BCUT2D eigenvalue weighted by Crippen LogP contribution is 1.95. The summed E-state index contributed by atoms with van der Waals surface area (Å²) in [4.78, 5) is 15.0. The molecule has 1 rings (SSSR count). The predicted molar refractivity (Wildman–Crippen MR) is 43.8 cm³/mol. The maximum Gasteiger partial charge on any atom is 0.419 e. The molecule has 0 radical (unpaired) electrons. The Morgan fingerprint density at radius 1 is 1.92 bits per heavy atom. The molecule has 4 nitrogen and oxygen atoms in total. The van der Waals surface area contributed by atoms with Crippen molar-refractivity contribution in [2.45, 2.75) is 13.7 Å². The smallest absolute Gasteiger partial charge is 0.419 e. The zero-order valence-electron chi connectivity index (χ0n) is 13.2. The first-order valence-electron chi connectivity index (χ1n) is 6.64. The van der Waals surface area contributed by atoms with Crippen LogP contribution in [0.15, 0.2) is 18.7 Å². The summed E-state index contributed by atoms with van der Waals surface area (Å²) in [6.45, 7) is -7.31. The zero-order chi connectivity index (χ0) is 14.9. The number of imidazole rings is 1. The van der Waals surface area contributed by atoms with Crippen molar-refractivity contribution in [2.75, 3.05) is 6.61 Å². The summed E-state index contributed by atoms with van der Waals surface area (Å²) in [5.41, 5.74) is 0. The van der Waals surface area contributed by atoms with E-state index in [1.807, 2.05) is 0 Å². The summed E-state index contributed by atoms with van der Waals surface area (Å²) in [6, 6.07) is 0. The second kappa shape index (κ2) is 3.90. The number of hydrogen-bond donors (Lipinski definition) is 0. The molecule has 0 spiro atoms. The molecule has 4 heteroatoms. The van der Waals surface area contributed by atoms with Crippen LogP contribution in [0.4, 0.5) is 4.79 Å². The first-order valence-corrected chi connectivity index (χ1v) is 3.14. The maximum atomic E-state index is 11.5. The molecule has 0 aliphatic heterocycles. The molecule has 0 aromatic carbocycles. The van der Waals surface area contributed by atoms with Crippen molar-refractivity contribution in [1.29, 1.82) is 0 Å². The molecule has 66 valence electrons. The largest absolute Gasteiger partial charge is 0.449 e. The average Bonchev–Trinajstić information content (AvgIpc) is 2.75. The van der Waals surface area contributed by atoms with Crippen LogP contribution >= 0.6 is 0 Å². The minimum Gasteiger partial charge on any atom is -0.449 e. The van der Waals surface area contributed by atoms with Crippen LogP contribution in [0, 0.1) is 5.89 Å². The molecule has 0 aliphatic rings. The lowest BCUT2D eigenvalue weighted by Gasteiger charge is -2.06. The Morgan fingerprint density at radius 2 is 2.75 bits per heavy atom. The molecule has 0 unspecified atom stereocenters. The van der Waals surface area contributed by atoms with Crippen LogP contribution in [-0.2, 0) is 4.74 Å². The topological polar surface area (TPSA) is 44.1 Å². The predicted octanol–water partition coefficient (Wildman–Crippen LogP) is 1.52.